The van der Waals surface area contributed by atoms with Crippen molar-refractivity contribution >= 4 is 40.9 Å². The summed E-state index contributed by atoms with van der Waals surface area (Å²) in [5.74, 6) is 1.28. The van der Waals surface area contributed by atoms with E-state index in [-0.39, 0.29) is 0 Å². The molecule has 1 atom stereocenters. The molecule has 4 heteroatoms. The van der Waals surface area contributed by atoms with Crippen molar-refractivity contribution in [3.8, 4) is 0 Å². The lowest BCUT2D eigenvalue weighted by Crippen LogP contribution is -2.20. The van der Waals surface area contributed by atoms with Gasteiger partial charge in [-0.25, -0.2) is 0 Å². The van der Waals surface area contributed by atoms with Gasteiger partial charge in [0.25, 0.3) is 0 Å². The van der Waals surface area contributed by atoms with Crippen LogP contribution in [0.4, 0.5) is 0 Å². The van der Waals surface area contributed by atoms with Gasteiger partial charge < -0.3 is 5.32 Å². The van der Waals surface area contributed by atoms with Gasteiger partial charge in [0, 0.05) is 17.5 Å². The summed E-state index contributed by atoms with van der Waals surface area (Å²) >= 11 is 10.6. The van der Waals surface area contributed by atoms with Gasteiger partial charge in [-0.3, -0.25) is 0 Å². The van der Waals surface area contributed by atoms with Crippen LogP contribution in [0.15, 0.2) is 0 Å². The van der Waals surface area contributed by atoms with Gasteiger partial charge in [0.05, 0.1) is 0 Å². The molecule has 8 heavy (non-hydrogen) atoms. The van der Waals surface area contributed by atoms with Crippen LogP contribution in [0.3, 0.4) is 0 Å². The Morgan fingerprint density at radius 3 is 3.00 bits per heavy atom. The number of thiocarbonyl (C=S) groups is 1. The third kappa shape index (κ3) is 2.79. The van der Waals surface area contributed by atoms with Crippen LogP contribution >= 0.6 is 36.6 Å². The highest BCUT2D eigenvalue weighted by molar-refractivity contribution is 8.11. The highest BCUT2D eigenvalue weighted by Crippen LogP contribution is 2.28. The fourth-order valence-corrected chi connectivity index (χ4v) is 1.02. The first-order chi connectivity index (χ1) is 3.79. The highest BCUT2D eigenvalue weighted by atomic mass is 32.2. The first-order valence-corrected chi connectivity index (χ1v) is 4.28. The molecule has 1 rings (SSSR count). The molecule has 0 aromatic carbocycles. The predicted molar refractivity (Wildman–Crippen MR) is 45.8 cm³/mol. The van der Waals surface area contributed by atoms with Crippen LogP contribution in [0.2, 0.25) is 0 Å². The molecule has 0 aromatic heterocycles. The van der Waals surface area contributed by atoms with E-state index in [9.17, 15) is 0 Å². The average molecular weight is 165 g/mol. The first kappa shape index (κ1) is 6.71. The zero-order chi connectivity index (χ0) is 5.98. The van der Waals surface area contributed by atoms with Crippen molar-refractivity contribution in [2.75, 3.05) is 12.3 Å². The van der Waals surface area contributed by atoms with Gasteiger partial charge in [-0.1, -0.05) is 12.2 Å². The largest absolute Gasteiger partial charge is 0.370 e. The lowest BCUT2D eigenvalue weighted by Gasteiger charge is -1.96. The Hall–Kier alpha value is 0.590. The molecule has 1 aliphatic heterocycles. The minimum atomic E-state index is 0.609. The first-order valence-electron chi connectivity index (χ1n) is 2.37. The topological polar surface area (TPSA) is 12.0 Å². The summed E-state index contributed by atoms with van der Waals surface area (Å²) in [7, 11) is 0. The van der Waals surface area contributed by atoms with E-state index in [1.165, 1.54) is 5.75 Å². The molecule has 0 radical (unpaired) electrons. The predicted octanol–water partition coefficient (Wildman–Crippen LogP) is 0.906. The summed E-state index contributed by atoms with van der Waals surface area (Å²) < 4.78 is 0.609. The van der Waals surface area contributed by atoms with E-state index in [1.54, 1.807) is 0 Å². The summed E-state index contributed by atoms with van der Waals surface area (Å²) in [5, 5.41) is 3.79. The molecule has 0 bridgehead atoms. The third-order valence-corrected chi connectivity index (χ3v) is 2.16. The Morgan fingerprint density at radius 2 is 2.62 bits per heavy atom. The molecular formula is C4H7NS3. The Kier molecular flexibility index (Phi) is 2.46. The van der Waals surface area contributed by atoms with E-state index < -0.39 is 0 Å². The van der Waals surface area contributed by atoms with Crippen molar-refractivity contribution in [3.63, 3.8) is 0 Å². The van der Waals surface area contributed by atoms with E-state index in [0.717, 1.165) is 11.8 Å². The molecule has 0 spiro atoms. The smallest absolute Gasteiger partial charge is 0.130 e. The van der Waals surface area contributed by atoms with Gasteiger partial charge in [-0.05, 0) is 0 Å². The number of hydrogen-bond acceptors (Lipinski definition) is 2. The Labute approximate surface area is 64.0 Å². The summed E-state index contributed by atoms with van der Waals surface area (Å²) in [6.07, 6.45) is 0. The number of rotatable bonds is 2. The minimum Gasteiger partial charge on any atom is -0.370 e. The monoisotopic (exact) mass is 165 g/mol. The molecule has 1 aliphatic rings. The standard InChI is InChI=1S/C4H7NS3/c6-4(7)5-1-3-2-8-3/h3H,1-2H2,(H2,5,6,7). The lowest BCUT2D eigenvalue weighted by atomic mass is 10.5. The fraction of sp³-hybridized carbons (Fsp3) is 0.750. The highest BCUT2D eigenvalue weighted by Gasteiger charge is 2.21. The molecule has 46 valence electrons. The van der Waals surface area contributed by atoms with Crippen LogP contribution < -0.4 is 5.32 Å². The molecule has 1 N–H and O–H groups in total. The van der Waals surface area contributed by atoms with Gasteiger partial charge in [0.15, 0.2) is 0 Å². The Morgan fingerprint density at radius 1 is 2.00 bits per heavy atom. The van der Waals surface area contributed by atoms with E-state index in [2.05, 4.69) is 30.2 Å². The van der Waals surface area contributed by atoms with Crippen LogP contribution in [0.5, 0.6) is 0 Å². The van der Waals surface area contributed by atoms with Gasteiger partial charge >= 0.3 is 0 Å². The molecule has 0 saturated carbocycles. The quantitative estimate of drug-likeness (QED) is 0.358. The van der Waals surface area contributed by atoms with Crippen LogP contribution in [-0.2, 0) is 0 Å². The molecule has 1 nitrogen and oxygen atoms in total. The SMILES string of the molecule is S=C(S)NCC1CS1. The fourth-order valence-electron chi connectivity index (χ4n) is 0.387. The maximum absolute atomic E-state index is 4.69. The normalized spacial score (nSPS) is 24.9. The van der Waals surface area contributed by atoms with Gasteiger partial charge in [-0.2, -0.15) is 11.8 Å². The Balaban J connectivity index is 1.95. The van der Waals surface area contributed by atoms with Crippen molar-refractivity contribution in [2.45, 2.75) is 5.25 Å². The van der Waals surface area contributed by atoms with Gasteiger partial charge in [0.1, 0.15) is 4.32 Å². The van der Waals surface area contributed by atoms with Crippen molar-refractivity contribution < 1.29 is 0 Å². The second-order valence-electron chi connectivity index (χ2n) is 1.64. The third-order valence-electron chi connectivity index (χ3n) is 0.883. The summed E-state index contributed by atoms with van der Waals surface area (Å²) in [6, 6.07) is 0. The molecule has 0 amide bonds. The maximum atomic E-state index is 4.69. The zero-order valence-electron chi connectivity index (χ0n) is 4.26. The average Bonchev–Trinajstić information content (AvgIpc) is 2.41. The molecule has 1 fully saturated rings. The minimum absolute atomic E-state index is 0.609. The molecule has 0 aromatic rings. The van der Waals surface area contributed by atoms with Gasteiger partial charge in [0.2, 0.25) is 0 Å². The van der Waals surface area contributed by atoms with Gasteiger partial charge in [-0.15, -0.1) is 12.6 Å². The molecule has 1 saturated heterocycles. The second-order valence-corrected chi connectivity index (χ2v) is 4.13. The van der Waals surface area contributed by atoms with Crippen molar-refractivity contribution in [2.24, 2.45) is 0 Å². The lowest BCUT2D eigenvalue weighted by molar-refractivity contribution is 0.926. The number of thioether (sulfide) groups is 1. The van der Waals surface area contributed by atoms with E-state index >= 15 is 0 Å². The number of thiol groups is 1. The maximum Gasteiger partial charge on any atom is 0.130 e. The van der Waals surface area contributed by atoms with E-state index in [0.29, 0.717) is 4.32 Å². The van der Waals surface area contributed by atoms with Crippen LogP contribution in [0, 0.1) is 0 Å². The number of hydrogen-bond donors (Lipinski definition) is 2. The molecular weight excluding hydrogens is 158 g/mol. The van der Waals surface area contributed by atoms with E-state index in [1.807, 2.05) is 11.8 Å². The molecule has 0 aliphatic carbocycles. The second kappa shape index (κ2) is 2.94. The zero-order valence-corrected chi connectivity index (χ0v) is 6.78. The van der Waals surface area contributed by atoms with Crippen molar-refractivity contribution in [1.82, 2.24) is 5.32 Å². The summed E-state index contributed by atoms with van der Waals surface area (Å²) in [6.45, 7) is 0.993. The van der Waals surface area contributed by atoms with Crippen molar-refractivity contribution in [1.29, 1.82) is 0 Å². The number of nitrogens with one attached hydrogen (secondary N) is 1. The summed E-state index contributed by atoms with van der Waals surface area (Å²) in [5.41, 5.74) is 0. The summed E-state index contributed by atoms with van der Waals surface area (Å²) in [4.78, 5) is 0. The van der Waals surface area contributed by atoms with Crippen LogP contribution in [0.25, 0.3) is 0 Å². The molecule has 1 heterocycles. The molecule has 1 unspecified atom stereocenters. The van der Waals surface area contributed by atoms with Crippen LogP contribution in [0.1, 0.15) is 0 Å². The van der Waals surface area contributed by atoms with E-state index in [4.69, 9.17) is 0 Å². The Bertz CT molecular complexity index is 99.5. The van der Waals surface area contributed by atoms with Crippen LogP contribution in [-0.4, -0.2) is 21.9 Å². The van der Waals surface area contributed by atoms with Crippen molar-refractivity contribution in [3.05, 3.63) is 0 Å².